The van der Waals surface area contributed by atoms with E-state index < -0.39 is 5.97 Å². The van der Waals surface area contributed by atoms with E-state index in [-0.39, 0.29) is 22.8 Å². The van der Waals surface area contributed by atoms with E-state index >= 15 is 0 Å². The van der Waals surface area contributed by atoms with E-state index in [2.05, 4.69) is 9.97 Å². The van der Waals surface area contributed by atoms with Crippen LogP contribution in [0.4, 0.5) is 0 Å². The van der Waals surface area contributed by atoms with Gasteiger partial charge < -0.3 is 15.0 Å². The monoisotopic (exact) mass is 373 g/mol. The number of likely N-dealkylation sites (tertiary alicyclic amines) is 1. The number of carboxylic acid groups (broad SMARTS) is 1. The third-order valence-corrected chi connectivity index (χ3v) is 5.75. The first-order valence-corrected chi connectivity index (χ1v) is 10.0. The molecule has 7 heteroatoms. The summed E-state index contributed by atoms with van der Waals surface area (Å²) in [6, 6.07) is 6.66. The molecule has 0 aliphatic carbocycles. The summed E-state index contributed by atoms with van der Waals surface area (Å²) in [5.74, 6) is 0.00995. The maximum atomic E-state index is 12.7. The second-order valence-corrected chi connectivity index (χ2v) is 7.66. The molecule has 1 aliphatic rings. The molecule has 2 N–H and O–H groups in total. The number of benzene rings is 1. The summed E-state index contributed by atoms with van der Waals surface area (Å²) in [7, 11) is 0. The fraction of sp³-hybridized carbons (Fsp3) is 0.421. The van der Waals surface area contributed by atoms with Gasteiger partial charge in [-0.15, -0.1) is 0 Å². The highest BCUT2D eigenvalue weighted by atomic mass is 32.2. The van der Waals surface area contributed by atoms with Gasteiger partial charge in [0.05, 0.1) is 28.7 Å². The number of amides is 1. The molecule has 0 bridgehead atoms. The van der Waals surface area contributed by atoms with Gasteiger partial charge in [0.1, 0.15) is 5.82 Å². The zero-order chi connectivity index (χ0) is 18.7. The number of H-pyrrole nitrogens is 1. The smallest absolute Gasteiger partial charge is 0.335 e. The minimum atomic E-state index is -0.943. The quantitative estimate of drug-likeness (QED) is 0.837. The van der Waals surface area contributed by atoms with Crippen LogP contribution >= 0.6 is 11.8 Å². The van der Waals surface area contributed by atoms with Crippen LogP contribution in [-0.4, -0.2) is 49.9 Å². The van der Waals surface area contributed by atoms with Crippen LogP contribution in [0, 0.1) is 0 Å². The number of rotatable bonds is 5. The number of aromatic amines is 1. The summed E-state index contributed by atoms with van der Waals surface area (Å²) < 4.78 is 0. The Morgan fingerprint density at radius 1 is 1.31 bits per heavy atom. The molecule has 1 aliphatic heterocycles. The maximum Gasteiger partial charge on any atom is 0.335 e. The molecule has 2 atom stereocenters. The number of carboxylic acids is 1. The first-order chi connectivity index (χ1) is 12.5. The minimum absolute atomic E-state index is 0.0297. The Hall–Kier alpha value is -2.28. The lowest BCUT2D eigenvalue weighted by Gasteiger charge is -2.36. The average Bonchev–Trinajstić information content (AvgIpc) is 3.17. The van der Waals surface area contributed by atoms with Crippen molar-refractivity contribution < 1.29 is 14.7 Å². The molecule has 1 aromatic heterocycles. The van der Waals surface area contributed by atoms with E-state index in [9.17, 15) is 9.59 Å². The zero-order valence-corrected chi connectivity index (χ0v) is 15.8. The molecule has 138 valence electrons. The molecule has 0 spiro atoms. The largest absolute Gasteiger partial charge is 0.478 e. The Labute approximate surface area is 157 Å². The Morgan fingerprint density at radius 3 is 2.69 bits per heavy atom. The standard InChI is InChI=1S/C19H23N3O3S/c1-12(26-2)18(23)22-10-4-3-5-16(22)17-20-11-15(21-17)13-6-8-14(9-7-13)19(24)25/h6-9,11-12,16H,3-5,10H2,1-2H3,(H,20,21)(H,24,25). The minimum Gasteiger partial charge on any atom is -0.478 e. The number of thioether (sulfide) groups is 1. The molecular formula is C19H23N3O3S. The molecule has 1 fully saturated rings. The number of carbonyl (C=O) groups excluding carboxylic acids is 1. The fourth-order valence-corrected chi connectivity index (χ4v) is 3.60. The highest BCUT2D eigenvalue weighted by Gasteiger charge is 2.32. The first-order valence-electron chi connectivity index (χ1n) is 8.73. The number of aromatic nitrogens is 2. The molecule has 2 aromatic rings. The number of hydrogen-bond donors (Lipinski definition) is 2. The first kappa shape index (κ1) is 18.5. The topological polar surface area (TPSA) is 86.3 Å². The normalized spacial score (nSPS) is 18.5. The van der Waals surface area contributed by atoms with Crippen LogP contribution in [-0.2, 0) is 4.79 Å². The summed E-state index contributed by atoms with van der Waals surface area (Å²) in [6.45, 7) is 2.70. The van der Waals surface area contributed by atoms with Crippen molar-refractivity contribution in [1.82, 2.24) is 14.9 Å². The van der Waals surface area contributed by atoms with Crippen molar-refractivity contribution in [3.05, 3.63) is 41.9 Å². The lowest BCUT2D eigenvalue weighted by atomic mass is 10.0. The molecule has 1 amide bonds. The van der Waals surface area contributed by atoms with Gasteiger partial charge in [-0.2, -0.15) is 11.8 Å². The summed E-state index contributed by atoms with van der Waals surface area (Å²) in [5.41, 5.74) is 1.95. The zero-order valence-electron chi connectivity index (χ0n) is 14.9. The predicted octanol–water partition coefficient (Wildman–Crippen LogP) is 3.58. The molecule has 0 saturated carbocycles. The highest BCUT2D eigenvalue weighted by Crippen LogP contribution is 2.32. The fourth-order valence-electron chi connectivity index (χ4n) is 3.26. The van der Waals surface area contributed by atoms with Gasteiger partial charge >= 0.3 is 5.97 Å². The van der Waals surface area contributed by atoms with E-state index in [0.717, 1.165) is 42.9 Å². The Bertz CT molecular complexity index is 788. The molecule has 3 rings (SSSR count). The molecule has 1 saturated heterocycles. The van der Waals surface area contributed by atoms with Gasteiger partial charge in [-0.05, 0) is 50.1 Å². The second-order valence-electron chi connectivity index (χ2n) is 6.49. The van der Waals surface area contributed by atoms with E-state index in [1.165, 1.54) is 0 Å². The van der Waals surface area contributed by atoms with Crippen LogP contribution in [0.1, 0.15) is 48.4 Å². The van der Waals surface area contributed by atoms with Gasteiger partial charge in [-0.3, -0.25) is 4.79 Å². The summed E-state index contributed by atoms with van der Waals surface area (Å²) in [6.07, 6.45) is 6.70. The molecule has 6 nitrogen and oxygen atoms in total. The van der Waals surface area contributed by atoms with Gasteiger partial charge in [0.2, 0.25) is 5.91 Å². The summed E-state index contributed by atoms with van der Waals surface area (Å²) in [5, 5.41) is 8.95. The SMILES string of the molecule is CSC(C)C(=O)N1CCCCC1c1ncc(-c2ccc(C(=O)O)cc2)[nH]1. The van der Waals surface area contributed by atoms with Crippen LogP contribution in [0.2, 0.25) is 0 Å². The van der Waals surface area contributed by atoms with Crippen LogP contribution < -0.4 is 0 Å². The third kappa shape index (κ3) is 3.77. The average molecular weight is 373 g/mol. The van der Waals surface area contributed by atoms with Crippen molar-refractivity contribution in [2.75, 3.05) is 12.8 Å². The lowest BCUT2D eigenvalue weighted by molar-refractivity contribution is -0.134. The van der Waals surface area contributed by atoms with Crippen LogP contribution in [0.3, 0.4) is 0 Å². The predicted molar refractivity (Wildman–Crippen MR) is 102 cm³/mol. The van der Waals surface area contributed by atoms with Gasteiger partial charge in [-0.25, -0.2) is 9.78 Å². The van der Waals surface area contributed by atoms with Crippen LogP contribution in [0.15, 0.2) is 30.5 Å². The molecular weight excluding hydrogens is 350 g/mol. The Balaban J connectivity index is 1.83. The highest BCUT2D eigenvalue weighted by molar-refractivity contribution is 7.99. The lowest BCUT2D eigenvalue weighted by Crippen LogP contribution is -2.42. The molecule has 0 radical (unpaired) electrons. The summed E-state index contributed by atoms with van der Waals surface area (Å²) in [4.78, 5) is 33.5. The van der Waals surface area contributed by atoms with Crippen molar-refractivity contribution in [3.8, 4) is 11.3 Å². The number of aromatic carboxylic acids is 1. The van der Waals surface area contributed by atoms with Gasteiger partial charge in [0.15, 0.2) is 0 Å². The van der Waals surface area contributed by atoms with E-state index in [0.29, 0.717) is 0 Å². The van der Waals surface area contributed by atoms with Crippen molar-refractivity contribution in [2.45, 2.75) is 37.5 Å². The number of piperidine rings is 1. The van der Waals surface area contributed by atoms with Gasteiger partial charge in [0.25, 0.3) is 0 Å². The number of nitrogens with one attached hydrogen (secondary N) is 1. The van der Waals surface area contributed by atoms with Gasteiger partial charge in [-0.1, -0.05) is 12.1 Å². The van der Waals surface area contributed by atoms with E-state index in [1.807, 2.05) is 18.1 Å². The van der Waals surface area contributed by atoms with Crippen molar-refractivity contribution in [2.24, 2.45) is 0 Å². The van der Waals surface area contributed by atoms with Crippen molar-refractivity contribution in [3.63, 3.8) is 0 Å². The molecule has 26 heavy (non-hydrogen) atoms. The van der Waals surface area contributed by atoms with Crippen molar-refractivity contribution >= 4 is 23.6 Å². The number of nitrogens with zero attached hydrogens (tertiary/aromatic N) is 2. The Kier molecular flexibility index (Phi) is 5.66. The van der Waals surface area contributed by atoms with Crippen LogP contribution in [0.25, 0.3) is 11.3 Å². The van der Waals surface area contributed by atoms with Gasteiger partial charge in [0, 0.05) is 6.54 Å². The molecule has 2 heterocycles. The maximum absolute atomic E-state index is 12.7. The van der Waals surface area contributed by atoms with Crippen molar-refractivity contribution in [1.29, 1.82) is 0 Å². The molecule has 2 unspecified atom stereocenters. The third-order valence-electron chi connectivity index (χ3n) is 4.84. The van der Waals surface area contributed by atoms with E-state index in [1.54, 1.807) is 42.2 Å². The van der Waals surface area contributed by atoms with Crippen LogP contribution in [0.5, 0.6) is 0 Å². The summed E-state index contributed by atoms with van der Waals surface area (Å²) >= 11 is 1.56. The number of carbonyl (C=O) groups is 2. The number of imidazole rings is 1. The van der Waals surface area contributed by atoms with E-state index in [4.69, 9.17) is 5.11 Å². The second kappa shape index (κ2) is 7.95. The molecule has 1 aromatic carbocycles. The number of hydrogen-bond acceptors (Lipinski definition) is 4. The Morgan fingerprint density at radius 2 is 2.04 bits per heavy atom.